The average molecular weight is 321 g/mol. The van der Waals surface area contributed by atoms with Gasteiger partial charge in [0.25, 0.3) is 0 Å². The highest BCUT2D eigenvalue weighted by Crippen LogP contribution is 2.28. The van der Waals surface area contributed by atoms with Gasteiger partial charge in [0.15, 0.2) is 0 Å². The summed E-state index contributed by atoms with van der Waals surface area (Å²) in [5.41, 5.74) is 0. The molecule has 0 aromatic heterocycles. The molecule has 3 amide bonds. The van der Waals surface area contributed by atoms with Crippen molar-refractivity contribution in [3.8, 4) is 0 Å². The number of hydrogen-bond acceptors (Lipinski definition) is 3. The van der Waals surface area contributed by atoms with E-state index in [1.54, 1.807) is 4.90 Å². The van der Waals surface area contributed by atoms with Crippen molar-refractivity contribution in [1.82, 2.24) is 14.7 Å². The van der Waals surface area contributed by atoms with Gasteiger partial charge in [0.1, 0.15) is 6.04 Å². The summed E-state index contributed by atoms with van der Waals surface area (Å²) < 4.78 is 0. The van der Waals surface area contributed by atoms with Crippen LogP contribution in [0.4, 0.5) is 0 Å². The molecule has 0 N–H and O–H groups in total. The summed E-state index contributed by atoms with van der Waals surface area (Å²) in [6.45, 7) is 4.89. The van der Waals surface area contributed by atoms with Crippen LogP contribution in [0.3, 0.4) is 0 Å². The first-order valence-electron chi connectivity index (χ1n) is 8.92. The van der Waals surface area contributed by atoms with Crippen LogP contribution in [0.1, 0.15) is 45.4 Å². The third kappa shape index (κ3) is 3.35. The molecule has 2 aliphatic heterocycles. The summed E-state index contributed by atoms with van der Waals surface area (Å²) in [5, 5.41) is 0. The third-order valence-corrected chi connectivity index (χ3v) is 5.52. The number of likely N-dealkylation sites (tertiary alicyclic amines) is 1. The van der Waals surface area contributed by atoms with E-state index in [1.165, 1.54) is 6.92 Å². The zero-order valence-electron chi connectivity index (χ0n) is 14.0. The number of hydrogen-bond donors (Lipinski definition) is 0. The van der Waals surface area contributed by atoms with Crippen molar-refractivity contribution < 1.29 is 14.4 Å². The van der Waals surface area contributed by atoms with Crippen LogP contribution in [0.15, 0.2) is 0 Å². The van der Waals surface area contributed by atoms with Gasteiger partial charge in [-0.15, -0.1) is 0 Å². The van der Waals surface area contributed by atoms with Gasteiger partial charge in [-0.1, -0.05) is 6.42 Å². The van der Waals surface area contributed by atoms with Crippen LogP contribution in [-0.2, 0) is 14.4 Å². The van der Waals surface area contributed by atoms with E-state index in [2.05, 4.69) is 0 Å². The molecule has 0 aromatic rings. The van der Waals surface area contributed by atoms with Crippen molar-refractivity contribution in [3.05, 3.63) is 0 Å². The van der Waals surface area contributed by atoms with Crippen LogP contribution in [0.5, 0.6) is 0 Å². The maximum absolute atomic E-state index is 12.8. The monoisotopic (exact) mass is 321 g/mol. The van der Waals surface area contributed by atoms with E-state index < -0.39 is 0 Å². The van der Waals surface area contributed by atoms with Gasteiger partial charge in [-0.3, -0.25) is 14.4 Å². The SMILES string of the molecule is CC(=O)N1CCC[C@H]1C(=O)N1CCCN(C(=O)C2CCC2)CC1. The summed E-state index contributed by atoms with van der Waals surface area (Å²) >= 11 is 0. The molecule has 3 rings (SSSR count). The molecule has 6 nitrogen and oxygen atoms in total. The molecule has 3 aliphatic rings. The molecular weight excluding hydrogens is 294 g/mol. The van der Waals surface area contributed by atoms with E-state index in [0.717, 1.165) is 45.1 Å². The van der Waals surface area contributed by atoms with Crippen molar-refractivity contribution >= 4 is 17.7 Å². The molecular formula is C17H27N3O3. The Morgan fingerprint density at radius 1 is 0.739 bits per heavy atom. The Morgan fingerprint density at radius 2 is 1.39 bits per heavy atom. The number of rotatable bonds is 2. The van der Waals surface area contributed by atoms with Gasteiger partial charge < -0.3 is 14.7 Å². The molecule has 23 heavy (non-hydrogen) atoms. The van der Waals surface area contributed by atoms with Gasteiger partial charge in [0.2, 0.25) is 17.7 Å². The summed E-state index contributed by atoms with van der Waals surface area (Å²) in [6, 6.07) is -0.290. The van der Waals surface area contributed by atoms with Gasteiger partial charge in [0, 0.05) is 45.6 Å². The van der Waals surface area contributed by atoms with E-state index in [1.807, 2.05) is 9.80 Å². The van der Waals surface area contributed by atoms with E-state index in [0.29, 0.717) is 26.2 Å². The van der Waals surface area contributed by atoms with E-state index in [9.17, 15) is 14.4 Å². The molecule has 6 heteroatoms. The number of carbonyl (C=O) groups is 3. The normalized spacial score (nSPS) is 26.0. The Labute approximate surface area is 137 Å². The second-order valence-corrected chi connectivity index (χ2v) is 7.00. The van der Waals surface area contributed by atoms with Crippen molar-refractivity contribution in [2.24, 2.45) is 5.92 Å². The first-order valence-corrected chi connectivity index (χ1v) is 8.92. The Hall–Kier alpha value is -1.59. The molecule has 0 aromatic carbocycles. The van der Waals surface area contributed by atoms with Crippen LogP contribution < -0.4 is 0 Å². The van der Waals surface area contributed by atoms with Crippen LogP contribution >= 0.6 is 0 Å². The summed E-state index contributed by atoms with van der Waals surface area (Å²) in [7, 11) is 0. The molecule has 1 aliphatic carbocycles. The van der Waals surface area contributed by atoms with Gasteiger partial charge in [-0.05, 0) is 32.1 Å². The minimum Gasteiger partial charge on any atom is -0.341 e. The Kier molecular flexibility index (Phi) is 4.87. The van der Waals surface area contributed by atoms with E-state index in [4.69, 9.17) is 0 Å². The fourth-order valence-corrected chi connectivity index (χ4v) is 3.88. The lowest BCUT2D eigenvalue weighted by Crippen LogP contribution is -2.48. The molecule has 128 valence electrons. The van der Waals surface area contributed by atoms with Crippen LogP contribution in [0.2, 0.25) is 0 Å². The van der Waals surface area contributed by atoms with Crippen molar-refractivity contribution in [3.63, 3.8) is 0 Å². The lowest BCUT2D eigenvalue weighted by Gasteiger charge is -2.31. The third-order valence-electron chi connectivity index (χ3n) is 5.52. The smallest absolute Gasteiger partial charge is 0.245 e. The second-order valence-electron chi connectivity index (χ2n) is 7.00. The highest BCUT2D eigenvalue weighted by Gasteiger charge is 2.36. The van der Waals surface area contributed by atoms with Gasteiger partial charge in [-0.25, -0.2) is 0 Å². The summed E-state index contributed by atoms with van der Waals surface area (Å²) in [4.78, 5) is 42.3. The largest absolute Gasteiger partial charge is 0.341 e. The predicted molar refractivity (Wildman–Crippen MR) is 85.5 cm³/mol. The first-order chi connectivity index (χ1) is 11.1. The lowest BCUT2D eigenvalue weighted by atomic mass is 9.84. The van der Waals surface area contributed by atoms with E-state index >= 15 is 0 Å². The first kappa shape index (κ1) is 16.3. The molecule has 1 saturated carbocycles. The fourth-order valence-electron chi connectivity index (χ4n) is 3.88. The standard InChI is InChI=1S/C17H27N3O3/c1-13(21)20-10-3-7-15(20)17(23)19-9-4-8-18(11-12-19)16(22)14-5-2-6-14/h14-15H,2-12H2,1H3/t15-/m0/s1. The van der Waals surface area contributed by atoms with Crippen molar-refractivity contribution in [2.45, 2.75) is 51.5 Å². The molecule has 0 unspecified atom stereocenters. The maximum atomic E-state index is 12.8. The number of nitrogens with zero attached hydrogens (tertiary/aromatic N) is 3. The van der Waals surface area contributed by atoms with Crippen molar-refractivity contribution in [2.75, 3.05) is 32.7 Å². The summed E-state index contributed by atoms with van der Waals surface area (Å²) in [6.07, 6.45) is 5.70. The molecule has 2 heterocycles. The second kappa shape index (κ2) is 6.89. The molecule has 2 saturated heterocycles. The fraction of sp³-hybridized carbons (Fsp3) is 0.824. The van der Waals surface area contributed by atoms with Crippen LogP contribution in [-0.4, -0.2) is 71.2 Å². The highest BCUT2D eigenvalue weighted by atomic mass is 16.2. The zero-order valence-corrected chi connectivity index (χ0v) is 14.0. The zero-order chi connectivity index (χ0) is 16.4. The Morgan fingerprint density at radius 3 is 1.96 bits per heavy atom. The number of amides is 3. The molecule has 0 spiro atoms. The Bertz CT molecular complexity index is 489. The average Bonchev–Trinajstić information content (AvgIpc) is 2.82. The minimum atomic E-state index is -0.290. The van der Waals surface area contributed by atoms with Gasteiger partial charge in [0.05, 0.1) is 0 Å². The van der Waals surface area contributed by atoms with Gasteiger partial charge in [-0.2, -0.15) is 0 Å². The molecule has 3 fully saturated rings. The Balaban J connectivity index is 1.57. The predicted octanol–water partition coefficient (Wildman–Crippen LogP) is 0.858. The topological polar surface area (TPSA) is 60.9 Å². The number of carbonyl (C=O) groups excluding carboxylic acids is 3. The molecule has 1 atom stereocenters. The minimum absolute atomic E-state index is 0.0162. The highest BCUT2D eigenvalue weighted by molar-refractivity contribution is 5.87. The van der Waals surface area contributed by atoms with Crippen LogP contribution in [0, 0.1) is 5.92 Å². The van der Waals surface area contributed by atoms with E-state index in [-0.39, 0.29) is 29.7 Å². The maximum Gasteiger partial charge on any atom is 0.245 e. The van der Waals surface area contributed by atoms with Gasteiger partial charge >= 0.3 is 0 Å². The molecule has 0 radical (unpaired) electrons. The quantitative estimate of drug-likeness (QED) is 0.758. The van der Waals surface area contributed by atoms with Crippen LogP contribution in [0.25, 0.3) is 0 Å². The lowest BCUT2D eigenvalue weighted by molar-refractivity contribution is -0.143. The van der Waals surface area contributed by atoms with Crippen molar-refractivity contribution in [1.29, 1.82) is 0 Å². The summed E-state index contributed by atoms with van der Waals surface area (Å²) in [5.74, 6) is 0.546. The molecule has 0 bridgehead atoms.